The fourth-order valence-electron chi connectivity index (χ4n) is 2.96. The Morgan fingerprint density at radius 1 is 1.19 bits per heavy atom. The molecule has 0 aliphatic rings. The molecule has 1 amide bonds. The zero-order chi connectivity index (χ0) is 20.1. The van der Waals surface area contributed by atoms with Gasteiger partial charge in [0.2, 0.25) is 5.91 Å². The summed E-state index contributed by atoms with van der Waals surface area (Å²) in [5.41, 5.74) is 3.07. The minimum Gasteiger partial charge on any atom is -0.348 e. The number of carbonyl (C=O) groups excluding carboxylic acids is 1. The Morgan fingerprint density at radius 3 is 2.37 bits per heavy atom. The summed E-state index contributed by atoms with van der Waals surface area (Å²) in [5.74, 6) is 0.702. The molecule has 2 aromatic rings. The van der Waals surface area contributed by atoms with Gasteiger partial charge in [0.05, 0.1) is 17.5 Å². The van der Waals surface area contributed by atoms with Crippen molar-refractivity contribution in [3.8, 4) is 0 Å². The maximum atomic E-state index is 13.2. The van der Waals surface area contributed by atoms with Crippen molar-refractivity contribution in [2.24, 2.45) is 11.8 Å². The minimum atomic E-state index is -0.272. The fourth-order valence-corrected chi connectivity index (χ4v) is 3.88. The van der Waals surface area contributed by atoms with Crippen LogP contribution in [0.15, 0.2) is 29.4 Å². The second-order valence-electron chi connectivity index (χ2n) is 7.70. The average Bonchev–Trinajstić information content (AvgIpc) is 2.86. The van der Waals surface area contributed by atoms with Gasteiger partial charge in [-0.2, -0.15) is 0 Å². The zero-order valence-corrected chi connectivity index (χ0v) is 17.9. The number of hydrogen-bond donors (Lipinski definition) is 1. The normalized spacial score (nSPS) is 12.6. The van der Waals surface area contributed by atoms with Gasteiger partial charge in [0.1, 0.15) is 5.82 Å². The van der Waals surface area contributed by atoms with Gasteiger partial charge in [-0.15, -0.1) is 0 Å². The van der Waals surface area contributed by atoms with Crippen molar-refractivity contribution >= 4 is 17.7 Å². The molecule has 1 heterocycles. The zero-order valence-electron chi connectivity index (χ0n) is 17.0. The number of aryl methyl sites for hydroxylation is 1. The summed E-state index contributed by atoms with van der Waals surface area (Å²) < 4.78 is 15.4. The molecule has 1 atom stereocenters. The van der Waals surface area contributed by atoms with Crippen LogP contribution in [0.5, 0.6) is 0 Å². The molecule has 1 N–H and O–H groups in total. The van der Waals surface area contributed by atoms with Crippen LogP contribution in [0.1, 0.15) is 50.7 Å². The van der Waals surface area contributed by atoms with E-state index in [2.05, 4.69) is 35.6 Å². The van der Waals surface area contributed by atoms with Crippen molar-refractivity contribution in [2.75, 3.05) is 5.75 Å². The predicted octanol–water partition coefficient (Wildman–Crippen LogP) is 4.90. The van der Waals surface area contributed by atoms with Crippen molar-refractivity contribution in [3.63, 3.8) is 0 Å². The van der Waals surface area contributed by atoms with Gasteiger partial charge in [0.15, 0.2) is 5.16 Å². The van der Waals surface area contributed by atoms with Gasteiger partial charge >= 0.3 is 0 Å². The van der Waals surface area contributed by atoms with Gasteiger partial charge in [-0.25, -0.2) is 9.37 Å². The highest BCUT2D eigenvalue weighted by Gasteiger charge is 2.20. The monoisotopic (exact) mass is 391 g/mol. The van der Waals surface area contributed by atoms with E-state index in [1.165, 1.54) is 23.9 Å². The Bertz CT molecular complexity index is 768. The Labute approximate surface area is 166 Å². The molecule has 0 spiro atoms. The molecule has 4 nitrogen and oxygen atoms in total. The van der Waals surface area contributed by atoms with Crippen LogP contribution in [0.3, 0.4) is 0 Å². The van der Waals surface area contributed by atoms with Gasteiger partial charge in [0.25, 0.3) is 0 Å². The molecule has 1 aromatic heterocycles. The minimum absolute atomic E-state index is 0.0440. The first kappa shape index (κ1) is 21.5. The molecule has 0 aliphatic carbocycles. The van der Waals surface area contributed by atoms with Gasteiger partial charge in [0, 0.05) is 12.2 Å². The number of benzene rings is 1. The molecule has 148 valence electrons. The maximum Gasteiger partial charge on any atom is 0.230 e. The van der Waals surface area contributed by atoms with E-state index in [0.717, 1.165) is 28.7 Å². The number of rotatable bonds is 8. The van der Waals surface area contributed by atoms with E-state index in [1.807, 2.05) is 20.8 Å². The molecule has 0 fully saturated rings. The van der Waals surface area contributed by atoms with Gasteiger partial charge < -0.3 is 9.88 Å². The van der Waals surface area contributed by atoms with E-state index in [0.29, 0.717) is 11.7 Å². The first-order chi connectivity index (χ1) is 12.7. The van der Waals surface area contributed by atoms with Gasteiger partial charge in [-0.05, 0) is 43.4 Å². The second-order valence-corrected chi connectivity index (χ2v) is 8.64. The summed E-state index contributed by atoms with van der Waals surface area (Å²) >= 11 is 1.46. The molecule has 0 bridgehead atoms. The first-order valence-corrected chi connectivity index (χ1v) is 10.4. The van der Waals surface area contributed by atoms with Crippen LogP contribution in [0.25, 0.3) is 0 Å². The lowest BCUT2D eigenvalue weighted by Crippen LogP contribution is -2.33. The topological polar surface area (TPSA) is 46.9 Å². The molecule has 0 saturated heterocycles. The van der Waals surface area contributed by atoms with Crippen LogP contribution in [-0.2, 0) is 11.3 Å². The van der Waals surface area contributed by atoms with Gasteiger partial charge in [-0.3, -0.25) is 4.79 Å². The molecule has 0 unspecified atom stereocenters. The number of hydrogen-bond acceptors (Lipinski definition) is 3. The number of thioether (sulfide) groups is 1. The summed E-state index contributed by atoms with van der Waals surface area (Å²) in [6, 6.07) is 6.18. The van der Waals surface area contributed by atoms with Crippen molar-refractivity contribution in [2.45, 2.75) is 59.3 Å². The number of nitrogens with one attached hydrogen (secondary N) is 1. The highest BCUT2D eigenvalue weighted by molar-refractivity contribution is 7.99. The maximum absolute atomic E-state index is 13.2. The Balaban J connectivity index is 2.04. The molecular formula is C21H30FN3OS. The number of aromatic nitrogens is 2. The smallest absolute Gasteiger partial charge is 0.230 e. The van der Waals surface area contributed by atoms with E-state index in [9.17, 15) is 9.18 Å². The third-order valence-corrected chi connectivity index (χ3v) is 5.49. The summed E-state index contributed by atoms with van der Waals surface area (Å²) in [7, 11) is 0. The number of nitrogens with zero attached hydrogens (tertiary/aromatic N) is 2. The summed E-state index contributed by atoms with van der Waals surface area (Å²) in [5, 5.41) is 3.97. The molecule has 0 aliphatic heterocycles. The molecule has 2 rings (SSSR count). The number of imidazole rings is 1. The lowest BCUT2D eigenvalue weighted by Gasteiger charge is -2.23. The molecule has 6 heteroatoms. The summed E-state index contributed by atoms with van der Waals surface area (Å²) in [6.45, 7) is 13.4. The van der Waals surface area contributed by atoms with Crippen LogP contribution >= 0.6 is 11.8 Å². The molecule has 0 saturated carbocycles. The van der Waals surface area contributed by atoms with Crippen LogP contribution in [0, 0.1) is 31.5 Å². The predicted molar refractivity (Wildman–Crippen MR) is 109 cm³/mol. The molecule has 1 aromatic carbocycles. The van der Waals surface area contributed by atoms with E-state index >= 15 is 0 Å². The quantitative estimate of drug-likeness (QED) is 0.651. The number of amides is 1. The Hall–Kier alpha value is -1.82. The third kappa shape index (κ3) is 5.83. The summed E-state index contributed by atoms with van der Waals surface area (Å²) in [6.07, 6.45) is 0. The van der Waals surface area contributed by atoms with Crippen molar-refractivity contribution in [1.29, 1.82) is 0 Å². The van der Waals surface area contributed by atoms with Crippen LogP contribution in [0.4, 0.5) is 4.39 Å². The van der Waals surface area contributed by atoms with Crippen LogP contribution in [0.2, 0.25) is 0 Å². The fraction of sp³-hybridized carbons (Fsp3) is 0.524. The van der Waals surface area contributed by atoms with E-state index < -0.39 is 0 Å². The third-order valence-electron chi connectivity index (χ3n) is 4.52. The lowest BCUT2D eigenvalue weighted by atomic mass is 9.96. The van der Waals surface area contributed by atoms with Crippen LogP contribution in [-0.4, -0.2) is 21.2 Å². The Kier molecular flexibility index (Phi) is 7.48. The van der Waals surface area contributed by atoms with Crippen LogP contribution < -0.4 is 5.32 Å². The van der Waals surface area contributed by atoms with E-state index in [-0.39, 0.29) is 23.7 Å². The number of carbonyl (C=O) groups is 1. The van der Waals surface area contributed by atoms with Crippen molar-refractivity contribution < 1.29 is 9.18 Å². The molecular weight excluding hydrogens is 361 g/mol. The summed E-state index contributed by atoms with van der Waals surface area (Å²) in [4.78, 5) is 17.2. The largest absolute Gasteiger partial charge is 0.348 e. The average molecular weight is 392 g/mol. The highest BCUT2D eigenvalue weighted by Crippen LogP contribution is 2.25. The van der Waals surface area contributed by atoms with Crippen molar-refractivity contribution in [3.05, 3.63) is 47.0 Å². The SMILES string of the molecule is Cc1nc(SCC(=O)N[C@@H](c2ccc(F)cc2)C(C)C)n(CC(C)C)c1C. The van der Waals surface area contributed by atoms with Gasteiger partial charge in [-0.1, -0.05) is 51.6 Å². The van der Waals surface area contributed by atoms with E-state index in [4.69, 9.17) is 0 Å². The second kappa shape index (κ2) is 9.40. The van der Waals surface area contributed by atoms with Crippen molar-refractivity contribution in [1.82, 2.24) is 14.9 Å². The van der Waals surface area contributed by atoms with E-state index in [1.54, 1.807) is 12.1 Å². The highest BCUT2D eigenvalue weighted by atomic mass is 32.2. The Morgan fingerprint density at radius 2 is 1.81 bits per heavy atom. The first-order valence-electron chi connectivity index (χ1n) is 9.40. The lowest BCUT2D eigenvalue weighted by molar-refractivity contribution is -0.119. The standard InChI is InChI=1S/C21H30FN3OS/c1-13(2)11-25-16(6)15(5)23-21(25)27-12-19(26)24-20(14(3)4)17-7-9-18(22)10-8-17/h7-10,13-14,20H,11-12H2,1-6H3,(H,24,26)/t20-/m1/s1. The molecule has 27 heavy (non-hydrogen) atoms. The molecule has 0 radical (unpaired) electrons. The number of halogens is 1.